The van der Waals surface area contributed by atoms with E-state index in [0.29, 0.717) is 13.0 Å². The Labute approximate surface area is 99.7 Å². The third-order valence-electron chi connectivity index (χ3n) is 2.55. The molecule has 2 N–H and O–H groups in total. The third-order valence-corrected chi connectivity index (χ3v) is 2.55. The third kappa shape index (κ3) is 3.45. The van der Waals surface area contributed by atoms with Gasteiger partial charge < -0.3 is 10.6 Å². The number of carbonyl (C=O) groups excluding carboxylic acids is 2. The van der Waals surface area contributed by atoms with Crippen LogP contribution in [0, 0.1) is 0 Å². The molecule has 1 aliphatic rings. The summed E-state index contributed by atoms with van der Waals surface area (Å²) in [7, 11) is 0. The average Bonchev–Trinajstić information content (AvgIpc) is 2.73. The van der Waals surface area contributed by atoms with Crippen molar-refractivity contribution >= 4 is 17.9 Å². The average molecular weight is 230 g/mol. The number of hydrogen-bond acceptors (Lipinski definition) is 2. The molecule has 17 heavy (non-hydrogen) atoms. The smallest absolute Gasteiger partial charge is 0.244 e. The summed E-state index contributed by atoms with van der Waals surface area (Å²) in [5, 5.41) is 5.44. The second-order valence-corrected chi connectivity index (χ2v) is 3.96. The largest absolute Gasteiger partial charge is 0.354 e. The van der Waals surface area contributed by atoms with Crippen LogP contribution >= 0.6 is 0 Å². The molecule has 0 aromatic heterocycles. The summed E-state index contributed by atoms with van der Waals surface area (Å²) in [5.41, 5.74) is 0.975. The van der Waals surface area contributed by atoms with Crippen molar-refractivity contribution in [2.45, 2.75) is 12.5 Å². The van der Waals surface area contributed by atoms with E-state index in [1.54, 1.807) is 6.08 Å². The number of carbonyl (C=O) groups is 2. The van der Waals surface area contributed by atoms with Crippen LogP contribution < -0.4 is 10.6 Å². The van der Waals surface area contributed by atoms with Crippen molar-refractivity contribution in [2.24, 2.45) is 0 Å². The Morgan fingerprint density at radius 1 is 1.35 bits per heavy atom. The zero-order valence-electron chi connectivity index (χ0n) is 9.35. The highest BCUT2D eigenvalue weighted by atomic mass is 16.2. The SMILES string of the molecule is O=C(C=Cc1ccccc1)NC1CNC(=O)C1. The van der Waals surface area contributed by atoms with Gasteiger partial charge in [0.05, 0.1) is 6.04 Å². The lowest BCUT2D eigenvalue weighted by molar-refractivity contribution is -0.119. The fraction of sp³-hybridized carbons (Fsp3) is 0.231. The van der Waals surface area contributed by atoms with Gasteiger partial charge in [-0.05, 0) is 11.6 Å². The van der Waals surface area contributed by atoms with E-state index in [1.165, 1.54) is 6.08 Å². The van der Waals surface area contributed by atoms with Crippen LogP contribution in [0.2, 0.25) is 0 Å². The van der Waals surface area contributed by atoms with Gasteiger partial charge in [-0.3, -0.25) is 9.59 Å². The normalized spacial score (nSPS) is 19.3. The highest BCUT2D eigenvalue weighted by Crippen LogP contribution is 2.02. The first-order valence-electron chi connectivity index (χ1n) is 5.54. The van der Waals surface area contributed by atoms with Crippen LogP contribution in [0.1, 0.15) is 12.0 Å². The summed E-state index contributed by atoms with van der Waals surface area (Å²) < 4.78 is 0. The molecule has 0 spiro atoms. The summed E-state index contributed by atoms with van der Waals surface area (Å²) in [5.74, 6) is -0.183. The monoisotopic (exact) mass is 230 g/mol. The molecule has 4 heteroatoms. The molecule has 4 nitrogen and oxygen atoms in total. The maximum absolute atomic E-state index is 11.5. The molecule has 1 fully saturated rings. The first kappa shape index (κ1) is 11.4. The lowest BCUT2D eigenvalue weighted by atomic mass is 10.2. The summed E-state index contributed by atoms with van der Waals surface area (Å²) in [6.07, 6.45) is 3.60. The van der Waals surface area contributed by atoms with E-state index in [4.69, 9.17) is 0 Å². The number of amides is 2. The minimum absolute atomic E-state index is 0.0117. The van der Waals surface area contributed by atoms with Gasteiger partial charge in [0.15, 0.2) is 0 Å². The first-order valence-corrected chi connectivity index (χ1v) is 5.54. The molecule has 1 aromatic rings. The van der Waals surface area contributed by atoms with E-state index in [1.807, 2.05) is 30.3 Å². The number of rotatable bonds is 3. The van der Waals surface area contributed by atoms with Crippen LogP contribution in [0.3, 0.4) is 0 Å². The summed E-state index contributed by atoms with van der Waals surface area (Å²) in [6.45, 7) is 0.518. The Morgan fingerprint density at radius 3 is 2.76 bits per heavy atom. The highest BCUT2D eigenvalue weighted by Gasteiger charge is 2.21. The molecule has 1 unspecified atom stereocenters. The Kier molecular flexibility index (Phi) is 3.55. The summed E-state index contributed by atoms with van der Waals surface area (Å²) in [4.78, 5) is 22.5. The molecule has 0 saturated carbocycles. The van der Waals surface area contributed by atoms with Gasteiger partial charge in [-0.15, -0.1) is 0 Å². The summed E-state index contributed by atoms with van der Waals surface area (Å²) in [6, 6.07) is 9.51. The second kappa shape index (κ2) is 5.30. The molecule has 2 rings (SSSR count). The van der Waals surface area contributed by atoms with Gasteiger partial charge in [0.1, 0.15) is 0 Å². The standard InChI is InChI=1S/C13H14N2O2/c16-12(15-11-8-13(17)14-9-11)7-6-10-4-2-1-3-5-10/h1-7,11H,8-9H2,(H,14,17)(H,15,16). The molecular weight excluding hydrogens is 216 g/mol. The van der Waals surface area contributed by atoms with Gasteiger partial charge in [-0.2, -0.15) is 0 Å². The van der Waals surface area contributed by atoms with Gasteiger partial charge in [-0.1, -0.05) is 30.3 Å². The number of benzene rings is 1. The molecule has 1 heterocycles. The predicted octanol–water partition coefficient (Wildman–Crippen LogP) is 0.705. The van der Waals surface area contributed by atoms with E-state index in [0.717, 1.165) is 5.56 Å². The Balaban J connectivity index is 1.85. The molecule has 0 aliphatic carbocycles. The van der Waals surface area contributed by atoms with Crippen LogP contribution in [0.25, 0.3) is 6.08 Å². The molecule has 1 aliphatic heterocycles. The number of nitrogens with one attached hydrogen (secondary N) is 2. The molecule has 1 atom stereocenters. The van der Waals surface area contributed by atoms with Gasteiger partial charge in [0.25, 0.3) is 0 Å². The second-order valence-electron chi connectivity index (χ2n) is 3.96. The molecule has 0 radical (unpaired) electrons. The fourth-order valence-corrected chi connectivity index (χ4v) is 1.69. The molecule has 1 aromatic carbocycles. The van der Waals surface area contributed by atoms with Crippen molar-refractivity contribution in [3.63, 3.8) is 0 Å². The lowest BCUT2D eigenvalue weighted by Gasteiger charge is -2.07. The topological polar surface area (TPSA) is 58.2 Å². The van der Waals surface area contributed by atoms with Gasteiger partial charge in [0.2, 0.25) is 11.8 Å². The Bertz CT molecular complexity index is 440. The van der Waals surface area contributed by atoms with Crippen molar-refractivity contribution in [1.29, 1.82) is 0 Å². The van der Waals surface area contributed by atoms with Gasteiger partial charge >= 0.3 is 0 Å². The molecule has 2 amide bonds. The van der Waals surface area contributed by atoms with Crippen molar-refractivity contribution in [3.05, 3.63) is 42.0 Å². The van der Waals surface area contributed by atoms with E-state index in [9.17, 15) is 9.59 Å². The van der Waals surface area contributed by atoms with Crippen LogP contribution in [0.15, 0.2) is 36.4 Å². The van der Waals surface area contributed by atoms with Crippen LogP contribution in [-0.2, 0) is 9.59 Å². The van der Waals surface area contributed by atoms with Crippen LogP contribution in [-0.4, -0.2) is 24.4 Å². The molecule has 0 bridgehead atoms. The first-order chi connectivity index (χ1) is 8.24. The maximum Gasteiger partial charge on any atom is 0.244 e. The molecule has 1 saturated heterocycles. The molecule has 88 valence electrons. The van der Waals surface area contributed by atoms with Crippen LogP contribution in [0.4, 0.5) is 0 Å². The predicted molar refractivity (Wildman–Crippen MR) is 65.0 cm³/mol. The molecular formula is C13H14N2O2. The van der Waals surface area contributed by atoms with E-state index in [2.05, 4.69) is 10.6 Å². The van der Waals surface area contributed by atoms with Crippen molar-refractivity contribution < 1.29 is 9.59 Å². The Hall–Kier alpha value is -2.10. The van der Waals surface area contributed by atoms with Crippen molar-refractivity contribution in [2.75, 3.05) is 6.54 Å². The highest BCUT2D eigenvalue weighted by molar-refractivity contribution is 5.92. The van der Waals surface area contributed by atoms with E-state index in [-0.39, 0.29) is 17.9 Å². The minimum atomic E-state index is -0.171. The zero-order chi connectivity index (χ0) is 12.1. The van der Waals surface area contributed by atoms with Gasteiger partial charge in [-0.25, -0.2) is 0 Å². The fourth-order valence-electron chi connectivity index (χ4n) is 1.69. The summed E-state index contributed by atoms with van der Waals surface area (Å²) >= 11 is 0. The van der Waals surface area contributed by atoms with Crippen molar-refractivity contribution in [1.82, 2.24) is 10.6 Å². The zero-order valence-corrected chi connectivity index (χ0v) is 9.35. The quantitative estimate of drug-likeness (QED) is 0.751. The maximum atomic E-state index is 11.5. The lowest BCUT2D eigenvalue weighted by Crippen LogP contribution is -2.34. The number of hydrogen-bond donors (Lipinski definition) is 2. The van der Waals surface area contributed by atoms with Crippen LogP contribution in [0.5, 0.6) is 0 Å². The van der Waals surface area contributed by atoms with E-state index >= 15 is 0 Å². The Morgan fingerprint density at radius 2 is 2.12 bits per heavy atom. The van der Waals surface area contributed by atoms with E-state index < -0.39 is 0 Å². The van der Waals surface area contributed by atoms with Crippen molar-refractivity contribution in [3.8, 4) is 0 Å². The van der Waals surface area contributed by atoms with Gasteiger partial charge in [0, 0.05) is 19.0 Å². The minimum Gasteiger partial charge on any atom is -0.354 e.